The minimum absolute atomic E-state index is 0.0557. The van der Waals surface area contributed by atoms with Crippen molar-refractivity contribution in [1.29, 1.82) is 0 Å². The number of aromatic nitrogens is 1. The number of nitrogens with zero attached hydrogens (tertiary/aromatic N) is 1. The predicted molar refractivity (Wildman–Crippen MR) is 127 cm³/mol. The first-order valence-electron chi connectivity index (χ1n) is 10.2. The van der Waals surface area contributed by atoms with Gasteiger partial charge in [-0.15, -0.1) is 0 Å². The lowest BCUT2D eigenvalue weighted by Gasteiger charge is -2.18. The number of rotatable bonds is 6. The van der Waals surface area contributed by atoms with E-state index in [4.69, 9.17) is 0 Å². The van der Waals surface area contributed by atoms with E-state index in [0.717, 1.165) is 6.92 Å². The minimum atomic E-state index is -3.19. The van der Waals surface area contributed by atoms with E-state index in [0.29, 0.717) is 35.1 Å². The van der Waals surface area contributed by atoms with Gasteiger partial charge in [-0.3, -0.25) is 4.98 Å². The first kappa shape index (κ1) is 24.8. The molecule has 1 aromatic carbocycles. The lowest BCUT2D eigenvalue weighted by molar-refractivity contribution is 0.0178. The summed E-state index contributed by atoms with van der Waals surface area (Å²) in [7, 11) is 1.51. The lowest BCUT2D eigenvalue weighted by Crippen LogP contribution is -2.10. The second-order valence-electron chi connectivity index (χ2n) is 7.82. The summed E-state index contributed by atoms with van der Waals surface area (Å²) in [4.78, 5) is 3.96. The first-order valence-corrected chi connectivity index (χ1v) is 10.7. The molecule has 1 atom stereocenters. The van der Waals surface area contributed by atoms with E-state index in [-0.39, 0.29) is 22.4 Å². The standard InChI is InChI=1S/C26H23F5NP/c1-16(18-7-4-5-8-20(12-10-18)26(30,31)33)17(2)19-11-13-21(23(27)15-19)24-22(25(3,28)29)9-6-14-32-24/h5-6,8-15H,1-2,4,7,33H2,3H3/b8-5+,18-10+,20-12+. The van der Waals surface area contributed by atoms with Crippen molar-refractivity contribution in [2.45, 2.75) is 31.4 Å². The summed E-state index contributed by atoms with van der Waals surface area (Å²) in [5.41, 5.74) is -1.79. The Hall–Kier alpha value is -2.85. The number of alkyl halides is 4. The van der Waals surface area contributed by atoms with Crippen molar-refractivity contribution in [3.63, 3.8) is 0 Å². The van der Waals surface area contributed by atoms with Gasteiger partial charge in [-0.1, -0.05) is 52.8 Å². The minimum Gasteiger partial charge on any atom is -0.256 e. The van der Waals surface area contributed by atoms with E-state index in [1.54, 1.807) is 18.2 Å². The molecule has 1 aromatic heterocycles. The smallest absolute Gasteiger partial charge is 0.256 e. The van der Waals surface area contributed by atoms with Gasteiger partial charge in [0.2, 0.25) is 0 Å². The third-order valence-corrected chi connectivity index (χ3v) is 5.67. The molecule has 1 aliphatic carbocycles. The van der Waals surface area contributed by atoms with E-state index in [2.05, 4.69) is 18.1 Å². The highest BCUT2D eigenvalue weighted by Gasteiger charge is 2.29. The Morgan fingerprint density at radius 1 is 1.06 bits per heavy atom. The molecule has 0 fully saturated rings. The molecule has 3 rings (SSSR count). The second kappa shape index (κ2) is 9.56. The van der Waals surface area contributed by atoms with Crippen LogP contribution in [0.5, 0.6) is 0 Å². The van der Waals surface area contributed by atoms with Crippen molar-refractivity contribution in [1.82, 2.24) is 4.98 Å². The van der Waals surface area contributed by atoms with E-state index >= 15 is 0 Å². The van der Waals surface area contributed by atoms with Crippen LogP contribution in [0.4, 0.5) is 22.0 Å². The summed E-state index contributed by atoms with van der Waals surface area (Å²) in [5, 5.41) is 0. The molecule has 0 saturated heterocycles. The van der Waals surface area contributed by atoms with Crippen LogP contribution in [-0.2, 0) is 5.92 Å². The summed E-state index contributed by atoms with van der Waals surface area (Å²) < 4.78 is 70.3. The van der Waals surface area contributed by atoms with Crippen LogP contribution in [0.2, 0.25) is 0 Å². The maximum atomic E-state index is 15.0. The van der Waals surface area contributed by atoms with E-state index in [9.17, 15) is 22.0 Å². The zero-order valence-electron chi connectivity index (χ0n) is 18.0. The van der Waals surface area contributed by atoms with Crippen LogP contribution in [0.15, 0.2) is 90.7 Å². The number of hydrogen-bond acceptors (Lipinski definition) is 1. The quantitative estimate of drug-likeness (QED) is 0.233. The largest absolute Gasteiger partial charge is 0.283 e. The van der Waals surface area contributed by atoms with Gasteiger partial charge in [0.25, 0.3) is 11.6 Å². The molecule has 1 heterocycles. The molecule has 0 saturated carbocycles. The van der Waals surface area contributed by atoms with Crippen LogP contribution < -0.4 is 0 Å². The topological polar surface area (TPSA) is 12.9 Å². The Morgan fingerprint density at radius 3 is 2.42 bits per heavy atom. The zero-order chi connectivity index (χ0) is 24.4. The van der Waals surface area contributed by atoms with Crippen molar-refractivity contribution in [2.24, 2.45) is 0 Å². The van der Waals surface area contributed by atoms with Crippen molar-refractivity contribution in [3.8, 4) is 11.3 Å². The van der Waals surface area contributed by atoms with Crippen molar-refractivity contribution >= 4 is 14.8 Å². The van der Waals surface area contributed by atoms with Crippen LogP contribution >= 0.6 is 9.24 Å². The number of halogens is 5. The Labute approximate surface area is 192 Å². The average Bonchev–Trinajstić information content (AvgIpc) is 2.71. The highest BCUT2D eigenvalue weighted by Crippen LogP contribution is 2.38. The third kappa shape index (κ3) is 5.75. The molecule has 7 heteroatoms. The highest BCUT2D eigenvalue weighted by atomic mass is 31.0. The summed E-state index contributed by atoms with van der Waals surface area (Å²) >= 11 is 0. The molecule has 0 N–H and O–H groups in total. The van der Waals surface area contributed by atoms with E-state index < -0.39 is 17.4 Å². The fourth-order valence-electron chi connectivity index (χ4n) is 3.49. The first-order chi connectivity index (χ1) is 15.4. The van der Waals surface area contributed by atoms with Crippen LogP contribution in [0.3, 0.4) is 0 Å². The molecule has 1 unspecified atom stereocenters. The normalized spacial score (nSPS) is 18.9. The molecule has 33 heavy (non-hydrogen) atoms. The number of benzene rings is 1. The molecule has 1 nitrogen and oxygen atoms in total. The van der Waals surface area contributed by atoms with Crippen LogP contribution in [0, 0.1) is 5.82 Å². The van der Waals surface area contributed by atoms with Crippen LogP contribution in [0.1, 0.15) is 30.9 Å². The Kier molecular flexibility index (Phi) is 7.18. The summed E-state index contributed by atoms with van der Waals surface area (Å²) in [6.45, 7) is 8.74. The van der Waals surface area contributed by atoms with Crippen molar-refractivity contribution < 1.29 is 22.0 Å². The second-order valence-corrected chi connectivity index (χ2v) is 8.54. The van der Waals surface area contributed by atoms with Crippen molar-refractivity contribution in [3.05, 3.63) is 108 Å². The molecule has 2 aromatic rings. The molecular formula is C26H23F5NP. The van der Waals surface area contributed by atoms with E-state index in [1.165, 1.54) is 51.9 Å². The Morgan fingerprint density at radius 2 is 1.79 bits per heavy atom. The summed E-state index contributed by atoms with van der Waals surface area (Å²) in [6, 6.07) is 6.71. The molecule has 0 radical (unpaired) electrons. The third-order valence-electron chi connectivity index (χ3n) is 5.33. The highest BCUT2D eigenvalue weighted by molar-refractivity contribution is 7.18. The number of hydrogen-bond donors (Lipinski definition) is 0. The van der Waals surface area contributed by atoms with Gasteiger partial charge in [-0.2, -0.15) is 8.78 Å². The van der Waals surface area contributed by atoms with Gasteiger partial charge in [0, 0.05) is 29.8 Å². The fourth-order valence-corrected chi connectivity index (χ4v) is 3.68. The predicted octanol–water partition coefficient (Wildman–Crippen LogP) is 8.24. The SMILES string of the molecule is C=C(C(=C)c1ccc(-c2ncccc2C(C)(F)F)c(F)c1)/C1=C/C=C(C(F)(F)P)\C=C\CC1. The van der Waals surface area contributed by atoms with Gasteiger partial charge in [0.1, 0.15) is 5.82 Å². The average molecular weight is 475 g/mol. The molecule has 0 spiro atoms. The molecule has 0 aliphatic heterocycles. The summed E-state index contributed by atoms with van der Waals surface area (Å²) in [6.07, 6.45) is 8.34. The van der Waals surface area contributed by atoms with Gasteiger partial charge in [0.15, 0.2) is 0 Å². The monoisotopic (exact) mass is 475 g/mol. The number of pyridine rings is 1. The van der Waals surface area contributed by atoms with Crippen molar-refractivity contribution in [2.75, 3.05) is 0 Å². The molecule has 1 aliphatic rings. The maximum Gasteiger partial charge on any atom is 0.283 e. The van der Waals surface area contributed by atoms with Gasteiger partial charge in [-0.25, -0.2) is 13.2 Å². The van der Waals surface area contributed by atoms with Gasteiger partial charge < -0.3 is 0 Å². The Balaban J connectivity index is 1.92. The Bertz CT molecular complexity index is 1180. The number of allylic oxidation sites excluding steroid dienone is 8. The maximum absolute atomic E-state index is 15.0. The summed E-state index contributed by atoms with van der Waals surface area (Å²) in [5.74, 6) is -3.92. The van der Waals surface area contributed by atoms with Crippen LogP contribution in [0.25, 0.3) is 16.8 Å². The molecule has 0 bridgehead atoms. The molecular weight excluding hydrogens is 452 g/mol. The van der Waals surface area contributed by atoms with E-state index in [1.807, 2.05) is 0 Å². The van der Waals surface area contributed by atoms with Gasteiger partial charge in [0.05, 0.1) is 5.69 Å². The lowest BCUT2D eigenvalue weighted by atomic mass is 9.90. The zero-order valence-corrected chi connectivity index (χ0v) is 19.2. The van der Waals surface area contributed by atoms with Gasteiger partial charge in [-0.05, 0) is 59.4 Å². The molecule has 0 amide bonds. The molecule has 172 valence electrons. The van der Waals surface area contributed by atoms with Crippen LogP contribution in [-0.4, -0.2) is 10.6 Å². The van der Waals surface area contributed by atoms with Gasteiger partial charge >= 0.3 is 0 Å². The fraction of sp³-hybridized carbons (Fsp3) is 0.192.